The van der Waals surface area contributed by atoms with Crippen LogP contribution in [0.4, 0.5) is 0 Å². The molecule has 1 aromatic heterocycles. The summed E-state index contributed by atoms with van der Waals surface area (Å²) in [5, 5.41) is 0. The van der Waals surface area contributed by atoms with Gasteiger partial charge >= 0.3 is 0 Å². The van der Waals surface area contributed by atoms with E-state index in [0.717, 1.165) is 34.5 Å². The van der Waals surface area contributed by atoms with Gasteiger partial charge in [0.1, 0.15) is 17.6 Å². The van der Waals surface area contributed by atoms with E-state index in [2.05, 4.69) is 20.3 Å². The van der Waals surface area contributed by atoms with Crippen molar-refractivity contribution in [2.75, 3.05) is 0 Å². The van der Waals surface area contributed by atoms with E-state index in [1.165, 1.54) is 5.56 Å². The fraction of sp³-hybridized carbons (Fsp3) is 0.0556. The van der Waals surface area contributed by atoms with E-state index in [9.17, 15) is 4.79 Å². The molecule has 5 heteroatoms. The highest BCUT2D eigenvalue weighted by Crippen LogP contribution is 2.39. The number of carbonyl (C=O) groups is 1. The van der Waals surface area contributed by atoms with Crippen LogP contribution in [-0.4, -0.2) is 16.3 Å². The fourth-order valence-electron chi connectivity index (χ4n) is 2.94. The molecule has 4 rings (SSSR count). The Kier molecular flexibility index (Phi) is 3.32. The van der Waals surface area contributed by atoms with Gasteiger partial charge in [0.15, 0.2) is 12.1 Å². The summed E-state index contributed by atoms with van der Waals surface area (Å²) in [4.78, 5) is 20.1. The molecule has 0 N–H and O–H groups in total. The third-order valence-electron chi connectivity index (χ3n) is 3.99. The van der Waals surface area contributed by atoms with Gasteiger partial charge in [-0.3, -0.25) is 4.79 Å². The lowest BCUT2D eigenvalue weighted by atomic mass is 10.0. The third-order valence-corrected chi connectivity index (χ3v) is 4.16. The number of hydrogen-bond acceptors (Lipinski definition) is 4. The van der Waals surface area contributed by atoms with Crippen molar-refractivity contribution < 1.29 is 9.08 Å². The van der Waals surface area contributed by atoms with Crippen LogP contribution in [0.3, 0.4) is 0 Å². The second kappa shape index (κ2) is 5.48. The summed E-state index contributed by atoms with van der Waals surface area (Å²) in [5.74, 6) is 0.744. The quantitative estimate of drug-likeness (QED) is 0.534. The maximum absolute atomic E-state index is 11.2. The first-order chi connectivity index (χ1) is 11.3. The van der Waals surface area contributed by atoms with Crippen molar-refractivity contribution in [2.24, 2.45) is 0 Å². The minimum atomic E-state index is 0.188. The third kappa shape index (κ3) is 2.28. The molecule has 0 saturated carbocycles. The van der Waals surface area contributed by atoms with Gasteiger partial charge in [0.2, 0.25) is 0 Å². The Hall–Kier alpha value is -2.72. The average molecular weight is 323 g/mol. The summed E-state index contributed by atoms with van der Waals surface area (Å²) >= 11 is 5.36. The van der Waals surface area contributed by atoms with Crippen molar-refractivity contribution in [1.29, 1.82) is 0 Å². The van der Waals surface area contributed by atoms with E-state index < -0.39 is 0 Å². The fourth-order valence-corrected chi connectivity index (χ4v) is 3.05. The molecular formula is C18H11ClN2O2. The lowest BCUT2D eigenvalue weighted by Crippen LogP contribution is -2.01. The number of rotatable bonds is 3. The minimum Gasteiger partial charge on any atom is -0.386 e. The van der Waals surface area contributed by atoms with Gasteiger partial charge in [0, 0.05) is 23.1 Å². The number of nitrogens with zero attached hydrogens (tertiary/aromatic N) is 2. The van der Waals surface area contributed by atoms with Gasteiger partial charge in [0.05, 0.1) is 11.4 Å². The van der Waals surface area contributed by atoms with Gasteiger partial charge < -0.3 is 4.29 Å². The smallest absolute Gasteiger partial charge is 0.193 e. The van der Waals surface area contributed by atoms with Crippen molar-refractivity contribution in [1.82, 2.24) is 9.97 Å². The Morgan fingerprint density at radius 3 is 2.48 bits per heavy atom. The van der Waals surface area contributed by atoms with Gasteiger partial charge in [-0.15, -0.1) is 0 Å². The summed E-state index contributed by atoms with van der Waals surface area (Å²) in [5.41, 5.74) is 5.81. The highest BCUT2D eigenvalue weighted by Gasteiger charge is 2.25. The molecule has 1 aliphatic rings. The number of halogens is 1. The molecule has 0 aliphatic heterocycles. The van der Waals surface area contributed by atoms with E-state index in [1.807, 2.05) is 30.3 Å². The van der Waals surface area contributed by atoms with E-state index in [4.69, 9.17) is 11.9 Å². The minimum absolute atomic E-state index is 0.188. The Morgan fingerprint density at radius 2 is 1.74 bits per heavy atom. The monoisotopic (exact) mass is 322 g/mol. The predicted octanol–water partition coefficient (Wildman–Crippen LogP) is 4.06. The molecule has 0 unspecified atom stereocenters. The SMILES string of the molecule is O=Cc1nc(-c2ccc(OCl)cc2)c2c(n1)-c1ccccc1C2. The van der Waals surface area contributed by atoms with Crippen LogP contribution in [0.1, 0.15) is 21.7 Å². The van der Waals surface area contributed by atoms with Gasteiger partial charge in [-0.05, 0) is 29.8 Å². The summed E-state index contributed by atoms with van der Waals surface area (Å²) in [7, 11) is 0. The number of benzene rings is 2. The zero-order chi connectivity index (χ0) is 15.8. The van der Waals surface area contributed by atoms with E-state index >= 15 is 0 Å². The molecule has 1 aliphatic carbocycles. The van der Waals surface area contributed by atoms with E-state index in [-0.39, 0.29) is 5.82 Å². The van der Waals surface area contributed by atoms with Gasteiger partial charge in [-0.2, -0.15) is 0 Å². The first-order valence-electron chi connectivity index (χ1n) is 7.13. The largest absolute Gasteiger partial charge is 0.386 e. The summed E-state index contributed by atoms with van der Waals surface area (Å²) in [6.45, 7) is 0. The van der Waals surface area contributed by atoms with Crippen LogP contribution in [0.2, 0.25) is 0 Å². The highest BCUT2D eigenvalue weighted by molar-refractivity contribution is 6.09. The standard InChI is InChI=1S/C18H11ClN2O2/c19-23-13-7-5-11(6-8-13)17-15-9-12-3-1-2-4-14(12)18(15)21-16(10-22)20-17/h1-8,10H,9H2. The number of aldehydes is 1. The molecule has 0 saturated heterocycles. The molecule has 112 valence electrons. The molecule has 0 bridgehead atoms. The van der Waals surface area contributed by atoms with Crippen molar-refractivity contribution in [2.45, 2.75) is 6.42 Å². The molecule has 0 radical (unpaired) electrons. The van der Waals surface area contributed by atoms with Crippen molar-refractivity contribution in [3.05, 3.63) is 65.5 Å². The van der Waals surface area contributed by atoms with Crippen LogP contribution in [0, 0.1) is 0 Å². The first-order valence-corrected chi connectivity index (χ1v) is 7.44. The van der Waals surface area contributed by atoms with Crippen LogP contribution >= 0.6 is 11.9 Å². The first kappa shape index (κ1) is 13.9. The van der Waals surface area contributed by atoms with Gasteiger partial charge in [-0.25, -0.2) is 9.97 Å². The molecular weight excluding hydrogens is 312 g/mol. The molecule has 3 aromatic rings. The zero-order valence-corrected chi connectivity index (χ0v) is 12.7. The average Bonchev–Trinajstić information content (AvgIpc) is 2.99. The van der Waals surface area contributed by atoms with Crippen LogP contribution < -0.4 is 4.29 Å². The zero-order valence-electron chi connectivity index (χ0n) is 12.0. The predicted molar refractivity (Wildman–Crippen MR) is 87.6 cm³/mol. The lowest BCUT2D eigenvalue weighted by Gasteiger charge is -2.09. The molecule has 0 spiro atoms. The maximum atomic E-state index is 11.2. The van der Waals surface area contributed by atoms with Crippen LogP contribution in [-0.2, 0) is 6.42 Å². The van der Waals surface area contributed by atoms with E-state index in [1.54, 1.807) is 12.1 Å². The number of fused-ring (bicyclic) bond motifs is 3. The summed E-state index contributed by atoms with van der Waals surface area (Å²) in [6, 6.07) is 15.4. The van der Waals surface area contributed by atoms with Crippen LogP contribution in [0.15, 0.2) is 48.5 Å². The Balaban J connectivity index is 1.92. The highest BCUT2D eigenvalue weighted by atomic mass is 35.5. The number of hydrogen-bond donors (Lipinski definition) is 0. The maximum Gasteiger partial charge on any atom is 0.193 e. The Bertz CT molecular complexity index is 907. The van der Waals surface area contributed by atoms with Gasteiger partial charge in [0.25, 0.3) is 0 Å². The Labute approximate surface area is 137 Å². The molecule has 0 amide bonds. The Morgan fingerprint density at radius 1 is 1.00 bits per heavy atom. The molecule has 1 heterocycles. The molecule has 2 aromatic carbocycles. The van der Waals surface area contributed by atoms with Gasteiger partial charge in [-0.1, -0.05) is 24.3 Å². The van der Waals surface area contributed by atoms with Crippen LogP contribution in [0.5, 0.6) is 5.75 Å². The normalized spacial score (nSPS) is 11.7. The molecule has 4 nitrogen and oxygen atoms in total. The lowest BCUT2D eigenvalue weighted by molar-refractivity contribution is 0.111. The second-order valence-electron chi connectivity index (χ2n) is 5.31. The summed E-state index contributed by atoms with van der Waals surface area (Å²) in [6.07, 6.45) is 1.44. The van der Waals surface area contributed by atoms with E-state index in [0.29, 0.717) is 12.0 Å². The molecule has 23 heavy (non-hydrogen) atoms. The van der Waals surface area contributed by atoms with Crippen molar-refractivity contribution >= 4 is 18.2 Å². The van der Waals surface area contributed by atoms with Crippen molar-refractivity contribution in [3.63, 3.8) is 0 Å². The number of aromatic nitrogens is 2. The second-order valence-corrected chi connectivity index (χ2v) is 5.47. The molecule has 0 fully saturated rings. The topological polar surface area (TPSA) is 52.1 Å². The van der Waals surface area contributed by atoms with Crippen molar-refractivity contribution in [3.8, 4) is 28.3 Å². The summed E-state index contributed by atoms with van der Waals surface area (Å²) < 4.78 is 4.68. The number of carbonyl (C=O) groups excluding carboxylic acids is 1. The molecule has 0 atom stereocenters. The van der Waals surface area contributed by atoms with Crippen LogP contribution in [0.25, 0.3) is 22.5 Å².